The average Bonchev–Trinajstić information content (AvgIpc) is 2.31. The first-order valence-electron chi connectivity index (χ1n) is 5.63. The van der Waals surface area contributed by atoms with Crippen LogP contribution in [0.4, 0.5) is 0 Å². The molecule has 0 unspecified atom stereocenters. The Kier molecular flexibility index (Phi) is 4.69. The first kappa shape index (κ1) is 13.7. The van der Waals surface area contributed by atoms with E-state index in [-0.39, 0.29) is 4.90 Å². The normalized spacial score (nSPS) is 11.0. The summed E-state index contributed by atoms with van der Waals surface area (Å²) in [5.74, 6) is 0. The minimum Gasteiger partial charge on any atom is -0.200 e. The van der Waals surface area contributed by atoms with Crippen molar-refractivity contribution >= 4 is 15.7 Å². The lowest BCUT2D eigenvalue weighted by Gasteiger charge is -2.05. The van der Waals surface area contributed by atoms with E-state index in [0.717, 1.165) is 24.1 Å². The SMILES string of the molecule is CCC(CC)=NNS(=O)(=O)c1ccc(C)cc1. The Balaban J connectivity index is 2.89. The van der Waals surface area contributed by atoms with Crippen LogP contribution >= 0.6 is 0 Å². The van der Waals surface area contributed by atoms with Crippen LogP contribution in [0.1, 0.15) is 32.3 Å². The molecule has 1 rings (SSSR count). The highest BCUT2D eigenvalue weighted by molar-refractivity contribution is 7.89. The van der Waals surface area contributed by atoms with Gasteiger partial charge >= 0.3 is 0 Å². The van der Waals surface area contributed by atoms with Crippen molar-refractivity contribution in [1.29, 1.82) is 0 Å². The minimum absolute atomic E-state index is 0.235. The predicted octanol–water partition coefficient (Wildman–Crippen LogP) is 2.45. The molecule has 94 valence electrons. The molecule has 0 aliphatic heterocycles. The number of benzene rings is 1. The van der Waals surface area contributed by atoms with E-state index in [0.29, 0.717) is 0 Å². The quantitative estimate of drug-likeness (QED) is 0.648. The summed E-state index contributed by atoms with van der Waals surface area (Å²) in [5, 5.41) is 3.91. The van der Waals surface area contributed by atoms with Crippen LogP contribution in [0.3, 0.4) is 0 Å². The van der Waals surface area contributed by atoms with Gasteiger partial charge in [0, 0.05) is 5.71 Å². The molecule has 0 aliphatic carbocycles. The first-order chi connectivity index (χ1) is 7.99. The number of rotatable bonds is 5. The lowest BCUT2D eigenvalue weighted by Crippen LogP contribution is -2.20. The van der Waals surface area contributed by atoms with Gasteiger partial charge in [-0.25, -0.2) is 4.83 Å². The Morgan fingerprint density at radius 3 is 2.18 bits per heavy atom. The molecule has 0 aliphatic rings. The maximum atomic E-state index is 11.9. The summed E-state index contributed by atoms with van der Waals surface area (Å²) in [6.45, 7) is 5.80. The van der Waals surface area contributed by atoms with E-state index in [2.05, 4.69) is 9.93 Å². The van der Waals surface area contributed by atoms with Crippen LogP contribution in [-0.4, -0.2) is 14.1 Å². The van der Waals surface area contributed by atoms with Crippen LogP contribution in [0, 0.1) is 6.92 Å². The third-order valence-electron chi connectivity index (χ3n) is 2.47. The second-order valence-corrected chi connectivity index (χ2v) is 5.45. The van der Waals surface area contributed by atoms with Crippen LogP contribution < -0.4 is 4.83 Å². The topological polar surface area (TPSA) is 58.5 Å². The van der Waals surface area contributed by atoms with Gasteiger partial charge in [0.25, 0.3) is 10.0 Å². The number of nitrogens with one attached hydrogen (secondary N) is 1. The first-order valence-corrected chi connectivity index (χ1v) is 7.11. The van der Waals surface area contributed by atoms with Gasteiger partial charge in [0.05, 0.1) is 4.90 Å². The molecule has 0 bridgehead atoms. The second-order valence-electron chi connectivity index (χ2n) is 3.79. The van der Waals surface area contributed by atoms with E-state index in [9.17, 15) is 8.42 Å². The van der Waals surface area contributed by atoms with Crippen LogP contribution in [0.2, 0.25) is 0 Å². The number of hydrogen-bond donors (Lipinski definition) is 1. The summed E-state index contributed by atoms with van der Waals surface area (Å²) in [6.07, 6.45) is 1.49. The van der Waals surface area contributed by atoms with Crippen molar-refractivity contribution in [3.05, 3.63) is 29.8 Å². The Hall–Kier alpha value is -1.36. The summed E-state index contributed by atoms with van der Waals surface area (Å²) in [7, 11) is -3.53. The van der Waals surface area contributed by atoms with Crippen LogP contribution in [0.15, 0.2) is 34.3 Å². The molecule has 0 spiro atoms. The molecule has 0 heterocycles. The maximum Gasteiger partial charge on any atom is 0.276 e. The molecule has 0 aromatic heterocycles. The molecule has 1 aromatic carbocycles. The summed E-state index contributed by atoms with van der Waals surface area (Å²) in [4.78, 5) is 2.49. The molecule has 4 nitrogen and oxygen atoms in total. The lowest BCUT2D eigenvalue weighted by molar-refractivity contribution is 0.584. The summed E-state index contributed by atoms with van der Waals surface area (Å²) in [6, 6.07) is 6.67. The standard InChI is InChI=1S/C12H18N2O2S/c1-4-11(5-2)13-14-17(15,16)12-8-6-10(3)7-9-12/h6-9,14H,4-5H2,1-3H3. The molecule has 17 heavy (non-hydrogen) atoms. The van der Waals surface area contributed by atoms with Gasteiger partial charge in [0.2, 0.25) is 0 Å². The fourth-order valence-corrected chi connectivity index (χ4v) is 2.15. The van der Waals surface area contributed by atoms with E-state index >= 15 is 0 Å². The third kappa shape index (κ3) is 3.85. The molecule has 1 aromatic rings. The highest BCUT2D eigenvalue weighted by atomic mass is 32.2. The van der Waals surface area contributed by atoms with Gasteiger partial charge in [-0.1, -0.05) is 31.5 Å². The zero-order valence-corrected chi connectivity index (χ0v) is 11.2. The highest BCUT2D eigenvalue weighted by Crippen LogP contribution is 2.09. The molecule has 0 saturated heterocycles. The van der Waals surface area contributed by atoms with Crippen molar-refractivity contribution < 1.29 is 8.42 Å². The Bertz CT molecular complexity index is 484. The van der Waals surface area contributed by atoms with E-state index in [1.807, 2.05) is 20.8 Å². The van der Waals surface area contributed by atoms with Crippen molar-refractivity contribution in [1.82, 2.24) is 4.83 Å². The highest BCUT2D eigenvalue weighted by Gasteiger charge is 2.12. The molecule has 0 atom stereocenters. The average molecular weight is 254 g/mol. The van der Waals surface area contributed by atoms with Crippen LogP contribution in [0.25, 0.3) is 0 Å². The van der Waals surface area contributed by atoms with Crippen LogP contribution in [0.5, 0.6) is 0 Å². The largest absolute Gasteiger partial charge is 0.276 e. The Morgan fingerprint density at radius 1 is 1.18 bits per heavy atom. The summed E-state index contributed by atoms with van der Waals surface area (Å²) in [5.41, 5.74) is 1.86. The van der Waals surface area contributed by atoms with Gasteiger partial charge in [-0.2, -0.15) is 13.5 Å². The molecule has 0 fully saturated rings. The predicted molar refractivity (Wildman–Crippen MR) is 69.5 cm³/mol. The zero-order chi connectivity index (χ0) is 12.9. The van der Waals surface area contributed by atoms with Crippen molar-refractivity contribution in [2.75, 3.05) is 0 Å². The number of nitrogens with zero attached hydrogens (tertiary/aromatic N) is 1. The van der Waals surface area contributed by atoms with Gasteiger partial charge < -0.3 is 0 Å². The van der Waals surface area contributed by atoms with Gasteiger partial charge in [-0.3, -0.25) is 0 Å². The number of aryl methyl sites for hydroxylation is 1. The molecular weight excluding hydrogens is 236 g/mol. The van der Waals surface area contributed by atoms with Gasteiger partial charge in [0.15, 0.2) is 0 Å². The van der Waals surface area contributed by atoms with Crippen molar-refractivity contribution in [2.45, 2.75) is 38.5 Å². The van der Waals surface area contributed by atoms with Crippen LogP contribution in [-0.2, 0) is 10.0 Å². The molecule has 1 N–H and O–H groups in total. The van der Waals surface area contributed by atoms with E-state index < -0.39 is 10.0 Å². The third-order valence-corrected chi connectivity index (χ3v) is 3.70. The van der Waals surface area contributed by atoms with Crippen molar-refractivity contribution in [3.8, 4) is 0 Å². The maximum absolute atomic E-state index is 11.9. The smallest absolute Gasteiger partial charge is 0.200 e. The molecule has 0 radical (unpaired) electrons. The van der Waals surface area contributed by atoms with Gasteiger partial charge in [-0.15, -0.1) is 0 Å². The molecule has 5 heteroatoms. The van der Waals surface area contributed by atoms with Crippen molar-refractivity contribution in [2.24, 2.45) is 5.10 Å². The second kappa shape index (κ2) is 5.82. The summed E-state index contributed by atoms with van der Waals surface area (Å²) < 4.78 is 23.7. The number of sulfonamides is 1. The summed E-state index contributed by atoms with van der Waals surface area (Å²) >= 11 is 0. The van der Waals surface area contributed by atoms with Crippen molar-refractivity contribution in [3.63, 3.8) is 0 Å². The van der Waals surface area contributed by atoms with Gasteiger partial charge in [-0.05, 0) is 31.9 Å². The fraction of sp³-hybridized carbons (Fsp3) is 0.417. The molecular formula is C12H18N2O2S. The van der Waals surface area contributed by atoms with E-state index in [1.165, 1.54) is 0 Å². The Morgan fingerprint density at radius 2 is 1.71 bits per heavy atom. The van der Waals surface area contributed by atoms with Gasteiger partial charge in [0.1, 0.15) is 0 Å². The molecule has 0 amide bonds. The lowest BCUT2D eigenvalue weighted by atomic mass is 10.2. The minimum atomic E-state index is -3.53. The molecule has 0 saturated carbocycles. The fourth-order valence-electron chi connectivity index (χ4n) is 1.30. The monoisotopic (exact) mass is 254 g/mol. The number of hydrazone groups is 1. The zero-order valence-electron chi connectivity index (χ0n) is 10.4. The Labute approximate surface area is 103 Å². The van der Waals surface area contributed by atoms with E-state index in [4.69, 9.17) is 0 Å². The van der Waals surface area contributed by atoms with E-state index in [1.54, 1.807) is 24.3 Å². The number of hydrogen-bond acceptors (Lipinski definition) is 3.